The molecule has 3 aliphatic rings. The Labute approximate surface area is 300 Å². The molecule has 6 rings (SSSR count). The SMILES string of the molecule is C[C@H]1CN(C(=O)Nc2ccc(CCCCCCOc3ccc4c(c3)C(=O)N(C3CCC(=O)NC3=O)C4=O)nc2)CCN1c1ccc(C#N)c(Cl)c1. The third-order valence-corrected chi connectivity index (χ3v) is 9.72. The van der Waals surface area contributed by atoms with E-state index in [1.165, 1.54) is 6.07 Å². The smallest absolute Gasteiger partial charge is 0.322 e. The molecule has 2 aromatic carbocycles. The summed E-state index contributed by atoms with van der Waals surface area (Å²) >= 11 is 6.23. The Morgan fingerprint density at radius 1 is 1.02 bits per heavy atom. The lowest BCUT2D eigenvalue weighted by atomic mass is 10.0. The van der Waals surface area contributed by atoms with Gasteiger partial charge in [0.25, 0.3) is 11.8 Å². The van der Waals surface area contributed by atoms with Gasteiger partial charge in [0.15, 0.2) is 0 Å². The van der Waals surface area contributed by atoms with Crippen LogP contribution in [0.2, 0.25) is 5.02 Å². The number of urea groups is 1. The van der Waals surface area contributed by atoms with Crippen molar-refractivity contribution in [1.82, 2.24) is 20.1 Å². The number of rotatable bonds is 11. The van der Waals surface area contributed by atoms with Crippen molar-refractivity contribution in [2.75, 3.05) is 36.5 Å². The number of nitrogens with one attached hydrogen (secondary N) is 2. The lowest BCUT2D eigenvalue weighted by Crippen LogP contribution is -2.54. The highest BCUT2D eigenvalue weighted by Crippen LogP contribution is 2.31. The van der Waals surface area contributed by atoms with Crippen LogP contribution in [0.15, 0.2) is 54.7 Å². The van der Waals surface area contributed by atoms with E-state index in [9.17, 15) is 24.0 Å². The van der Waals surface area contributed by atoms with E-state index in [-0.39, 0.29) is 36.0 Å². The van der Waals surface area contributed by atoms with E-state index in [1.54, 1.807) is 35.4 Å². The van der Waals surface area contributed by atoms with Gasteiger partial charge in [-0.05, 0) is 81.1 Å². The van der Waals surface area contributed by atoms with E-state index in [0.717, 1.165) is 48.4 Å². The zero-order valence-corrected chi connectivity index (χ0v) is 28.9. The molecule has 4 heterocycles. The normalized spacial score (nSPS) is 18.7. The van der Waals surface area contributed by atoms with Crippen LogP contribution in [0.1, 0.15) is 77.4 Å². The summed E-state index contributed by atoms with van der Waals surface area (Å²) in [5, 5.41) is 14.7. The number of benzene rings is 2. The fourth-order valence-electron chi connectivity index (χ4n) is 6.64. The van der Waals surface area contributed by atoms with Gasteiger partial charge >= 0.3 is 6.03 Å². The second-order valence-corrected chi connectivity index (χ2v) is 13.3. The number of ether oxygens (including phenoxy) is 1. The second kappa shape index (κ2) is 15.6. The minimum absolute atomic E-state index is 0.0668. The topological polar surface area (TPSA) is 165 Å². The monoisotopic (exact) mass is 711 g/mol. The van der Waals surface area contributed by atoms with Crippen molar-refractivity contribution in [2.45, 2.75) is 64.0 Å². The molecule has 0 bridgehead atoms. The highest BCUT2D eigenvalue weighted by atomic mass is 35.5. The molecule has 6 amide bonds. The summed E-state index contributed by atoms with van der Waals surface area (Å²) in [6, 6.07) is 14.9. The van der Waals surface area contributed by atoms with Crippen molar-refractivity contribution < 1.29 is 28.7 Å². The van der Waals surface area contributed by atoms with E-state index in [0.29, 0.717) is 48.3 Å². The molecule has 1 unspecified atom stereocenters. The molecule has 0 radical (unpaired) electrons. The van der Waals surface area contributed by atoms with Crippen molar-refractivity contribution in [2.24, 2.45) is 0 Å². The first-order valence-corrected chi connectivity index (χ1v) is 17.5. The van der Waals surface area contributed by atoms with Gasteiger partial charge in [0.05, 0.1) is 40.2 Å². The number of anilines is 2. The highest BCUT2D eigenvalue weighted by Gasteiger charge is 2.44. The number of imide groups is 2. The van der Waals surface area contributed by atoms with Crippen LogP contribution in [0.3, 0.4) is 0 Å². The van der Waals surface area contributed by atoms with Gasteiger partial charge in [-0.3, -0.25) is 34.4 Å². The van der Waals surface area contributed by atoms with E-state index in [1.807, 2.05) is 18.2 Å². The number of halogens is 1. The molecule has 0 aliphatic carbocycles. The molecule has 0 saturated carbocycles. The Kier molecular flexibility index (Phi) is 10.8. The average Bonchev–Trinajstić information content (AvgIpc) is 3.36. The van der Waals surface area contributed by atoms with Crippen molar-refractivity contribution >= 4 is 52.6 Å². The zero-order valence-electron chi connectivity index (χ0n) is 28.2. The van der Waals surface area contributed by atoms with E-state index in [2.05, 4.69) is 33.5 Å². The van der Waals surface area contributed by atoms with Crippen molar-refractivity contribution in [3.8, 4) is 11.8 Å². The summed E-state index contributed by atoms with van der Waals surface area (Å²) in [6.07, 6.45) is 6.32. The molecular formula is C37H38ClN7O6. The predicted molar refractivity (Wildman–Crippen MR) is 189 cm³/mol. The van der Waals surface area contributed by atoms with Crippen molar-refractivity contribution in [3.63, 3.8) is 0 Å². The fourth-order valence-corrected chi connectivity index (χ4v) is 6.86. The van der Waals surface area contributed by atoms with E-state index < -0.39 is 29.7 Å². The fraction of sp³-hybridized carbons (Fsp3) is 0.378. The molecule has 1 aromatic heterocycles. The number of nitriles is 1. The number of carbonyl (C=O) groups is 5. The first-order valence-electron chi connectivity index (χ1n) is 17.1. The third kappa shape index (κ3) is 7.97. The molecular weight excluding hydrogens is 674 g/mol. The average molecular weight is 712 g/mol. The number of carbonyl (C=O) groups excluding carboxylic acids is 5. The standard InChI is InChI=1S/C37H38ClN7O6/c1-23-22-43(15-16-44(23)27-10-7-24(20-39)31(38)18-27)37(50)41-26-9-8-25(40-21-26)6-4-2-3-5-17-51-28-11-12-29-30(19-28)36(49)45(35(29)48)32-13-14-33(46)42-34(32)47/h7-12,18-19,21,23,32H,2-6,13-17,22H2,1H3,(H,41,50)(H,42,46,47)/t23-,32?/m0/s1. The molecule has 2 saturated heterocycles. The van der Waals surface area contributed by atoms with Crippen LogP contribution >= 0.6 is 11.6 Å². The van der Waals surface area contributed by atoms with Crippen LogP contribution in [-0.4, -0.2) is 82.8 Å². The number of amides is 6. The van der Waals surface area contributed by atoms with E-state index >= 15 is 0 Å². The van der Waals surface area contributed by atoms with E-state index in [4.69, 9.17) is 21.6 Å². The molecule has 264 valence electrons. The van der Waals surface area contributed by atoms with Crippen molar-refractivity contribution in [1.29, 1.82) is 5.26 Å². The number of pyridine rings is 1. The van der Waals surface area contributed by atoms with Crippen LogP contribution < -0.4 is 20.3 Å². The molecule has 13 nitrogen and oxygen atoms in total. The predicted octanol–water partition coefficient (Wildman–Crippen LogP) is 4.93. The Hall–Kier alpha value is -5.48. The molecule has 3 aliphatic heterocycles. The second-order valence-electron chi connectivity index (χ2n) is 12.9. The lowest BCUT2D eigenvalue weighted by Gasteiger charge is -2.41. The van der Waals surface area contributed by atoms with Gasteiger partial charge in [-0.2, -0.15) is 5.26 Å². The number of piperazine rings is 1. The van der Waals surface area contributed by atoms with Crippen LogP contribution in [-0.2, 0) is 16.0 Å². The summed E-state index contributed by atoms with van der Waals surface area (Å²) in [7, 11) is 0. The maximum atomic E-state index is 13.0. The van der Waals surface area contributed by atoms with Gasteiger partial charge in [0.2, 0.25) is 11.8 Å². The number of nitrogens with zero attached hydrogens (tertiary/aromatic N) is 5. The molecule has 2 atom stereocenters. The van der Waals surface area contributed by atoms with Gasteiger partial charge in [-0.1, -0.05) is 24.4 Å². The molecule has 14 heteroatoms. The van der Waals surface area contributed by atoms with Crippen molar-refractivity contribution in [3.05, 3.63) is 82.1 Å². The molecule has 3 aromatic rings. The summed E-state index contributed by atoms with van der Waals surface area (Å²) in [6.45, 7) is 4.23. The number of hydrogen-bond donors (Lipinski definition) is 2. The van der Waals surface area contributed by atoms with Gasteiger partial charge in [0.1, 0.15) is 17.9 Å². The number of unbranched alkanes of at least 4 members (excludes halogenated alkanes) is 3. The van der Waals surface area contributed by atoms with Gasteiger partial charge in [-0.15, -0.1) is 0 Å². The minimum atomic E-state index is -1.00. The van der Waals surface area contributed by atoms with Crippen LogP contribution in [0.5, 0.6) is 5.75 Å². The summed E-state index contributed by atoms with van der Waals surface area (Å²) < 4.78 is 5.85. The first kappa shape index (κ1) is 35.3. The number of aromatic nitrogens is 1. The lowest BCUT2D eigenvalue weighted by molar-refractivity contribution is -0.136. The molecule has 2 fully saturated rings. The maximum absolute atomic E-state index is 13.0. The number of fused-ring (bicyclic) bond motifs is 1. The van der Waals surface area contributed by atoms with Gasteiger partial charge < -0.3 is 19.9 Å². The first-order chi connectivity index (χ1) is 24.6. The van der Waals surface area contributed by atoms with Crippen LogP contribution in [0, 0.1) is 11.3 Å². The summed E-state index contributed by atoms with van der Waals surface area (Å²) in [4.78, 5) is 72.1. The number of aryl methyl sites for hydroxylation is 1. The van der Waals surface area contributed by atoms with Gasteiger partial charge in [0, 0.05) is 43.5 Å². The molecule has 2 N–H and O–H groups in total. The Balaban J connectivity index is 0.879. The van der Waals surface area contributed by atoms with Crippen LogP contribution in [0.4, 0.5) is 16.2 Å². The van der Waals surface area contributed by atoms with Gasteiger partial charge in [-0.25, -0.2) is 4.79 Å². The Bertz CT molecular complexity index is 1890. The highest BCUT2D eigenvalue weighted by molar-refractivity contribution is 6.32. The molecule has 0 spiro atoms. The zero-order chi connectivity index (χ0) is 36.1. The third-order valence-electron chi connectivity index (χ3n) is 9.40. The van der Waals surface area contributed by atoms with Crippen LogP contribution in [0.25, 0.3) is 0 Å². The summed E-state index contributed by atoms with van der Waals surface area (Å²) in [5.41, 5.74) is 3.35. The number of hydrogen-bond acceptors (Lipinski definition) is 9. The Morgan fingerprint density at radius 2 is 1.82 bits per heavy atom. The molecule has 51 heavy (non-hydrogen) atoms. The minimum Gasteiger partial charge on any atom is -0.494 e. The number of piperidine rings is 1. The largest absolute Gasteiger partial charge is 0.494 e. The maximum Gasteiger partial charge on any atom is 0.322 e. The summed E-state index contributed by atoms with van der Waals surface area (Å²) in [5.74, 6) is -1.68. The Morgan fingerprint density at radius 3 is 2.55 bits per heavy atom. The quantitative estimate of drug-likeness (QED) is 0.207.